The molecule has 0 aliphatic carbocycles. The Hall–Kier alpha value is -1.07. The van der Waals surface area contributed by atoms with Gasteiger partial charge in [-0.1, -0.05) is 15.9 Å². The van der Waals surface area contributed by atoms with E-state index in [2.05, 4.69) is 15.9 Å². The number of aryl methyl sites for hydroxylation is 1. The maximum atomic E-state index is 12.0. The second-order valence-corrected chi connectivity index (χ2v) is 5.82. The fourth-order valence-electron chi connectivity index (χ4n) is 1.88. The summed E-state index contributed by atoms with van der Waals surface area (Å²) in [7, 11) is 3.40. The molecule has 1 aromatic rings. The monoisotopic (exact) mass is 343 g/mol. The van der Waals surface area contributed by atoms with Crippen LogP contribution in [0, 0.1) is 0 Å². The average Bonchev–Trinajstić information content (AvgIpc) is 2.42. The number of aliphatic hydroxyl groups excluding tert-OH is 1. The molecule has 5 heteroatoms. The van der Waals surface area contributed by atoms with Crippen LogP contribution in [0.5, 0.6) is 5.75 Å². The number of hydrogen-bond acceptors (Lipinski definition) is 3. The molecule has 1 rings (SSSR count). The first kappa shape index (κ1) is 17.0. The number of carbonyl (C=O) groups is 1. The van der Waals surface area contributed by atoms with E-state index in [-0.39, 0.29) is 12.0 Å². The summed E-state index contributed by atoms with van der Waals surface area (Å²) in [5.74, 6) is 0.875. The van der Waals surface area contributed by atoms with Gasteiger partial charge < -0.3 is 14.7 Å². The van der Waals surface area contributed by atoms with E-state index in [4.69, 9.17) is 4.74 Å². The summed E-state index contributed by atoms with van der Waals surface area (Å²) >= 11 is 3.42. The van der Waals surface area contributed by atoms with Crippen molar-refractivity contribution >= 4 is 21.8 Å². The molecular formula is C15H22BrNO3. The van der Waals surface area contributed by atoms with Crippen LogP contribution >= 0.6 is 15.9 Å². The van der Waals surface area contributed by atoms with Gasteiger partial charge in [0.05, 0.1) is 13.2 Å². The highest BCUT2D eigenvalue weighted by Gasteiger charge is 2.11. The number of rotatable bonds is 7. The molecule has 0 saturated carbocycles. The zero-order valence-corrected chi connectivity index (χ0v) is 13.8. The summed E-state index contributed by atoms with van der Waals surface area (Å²) < 4.78 is 6.27. The number of carbonyl (C=O) groups excluding carboxylic acids is 1. The van der Waals surface area contributed by atoms with Crippen molar-refractivity contribution in [2.75, 3.05) is 20.7 Å². The van der Waals surface area contributed by atoms with Gasteiger partial charge in [0.2, 0.25) is 5.91 Å². The van der Waals surface area contributed by atoms with Crippen LogP contribution in [0.2, 0.25) is 0 Å². The summed E-state index contributed by atoms with van der Waals surface area (Å²) in [5, 5.41) is 9.23. The lowest BCUT2D eigenvalue weighted by Crippen LogP contribution is -2.29. The van der Waals surface area contributed by atoms with Crippen molar-refractivity contribution in [2.24, 2.45) is 0 Å². The van der Waals surface area contributed by atoms with Crippen LogP contribution in [0.3, 0.4) is 0 Å². The molecular weight excluding hydrogens is 322 g/mol. The lowest BCUT2D eigenvalue weighted by molar-refractivity contribution is -0.130. The van der Waals surface area contributed by atoms with Crippen molar-refractivity contribution in [3.63, 3.8) is 0 Å². The molecule has 0 radical (unpaired) electrons. The molecule has 0 fully saturated rings. The first-order valence-electron chi connectivity index (χ1n) is 6.68. The minimum absolute atomic E-state index is 0.0766. The summed E-state index contributed by atoms with van der Waals surface area (Å²) in [6.45, 7) is 2.30. The first-order valence-corrected chi connectivity index (χ1v) is 7.47. The third kappa shape index (κ3) is 5.51. The van der Waals surface area contributed by atoms with Gasteiger partial charge in [-0.05, 0) is 43.5 Å². The van der Waals surface area contributed by atoms with Crippen molar-refractivity contribution in [1.82, 2.24) is 4.90 Å². The van der Waals surface area contributed by atoms with Crippen molar-refractivity contribution < 1.29 is 14.6 Å². The third-order valence-electron chi connectivity index (χ3n) is 3.16. The lowest BCUT2D eigenvalue weighted by Gasteiger charge is -2.18. The van der Waals surface area contributed by atoms with E-state index in [1.165, 1.54) is 0 Å². The quantitative estimate of drug-likeness (QED) is 0.827. The minimum atomic E-state index is -0.379. The summed E-state index contributed by atoms with van der Waals surface area (Å²) in [6, 6.07) is 5.78. The van der Waals surface area contributed by atoms with E-state index < -0.39 is 0 Å². The van der Waals surface area contributed by atoms with E-state index in [0.717, 1.165) is 15.8 Å². The molecule has 1 unspecified atom stereocenters. The highest BCUT2D eigenvalue weighted by atomic mass is 79.9. The molecule has 0 saturated heterocycles. The first-order chi connectivity index (χ1) is 9.43. The van der Waals surface area contributed by atoms with Gasteiger partial charge in [-0.3, -0.25) is 4.79 Å². The molecule has 0 bridgehead atoms. The SMILES string of the molecule is COc1ccc(Br)cc1CCC(=O)N(C)CCC(C)O. The third-order valence-corrected chi connectivity index (χ3v) is 3.65. The molecule has 1 amide bonds. The molecule has 1 aromatic carbocycles. The maximum absolute atomic E-state index is 12.0. The van der Waals surface area contributed by atoms with Gasteiger partial charge >= 0.3 is 0 Å². The second-order valence-electron chi connectivity index (χ2n) is 4.91. The Labute approximate surface area is 128 Å². The molecule has 0 aromatic heterocycles. The Balaban J connectivity index is 2.54. The molecule has 0 aliphatic rings. The zero-order valence-electron chi connectivity index (χ0n) is 12.2. The van der Waals surface area contributed by atoms with E-state index in [1.54, 1.807) is 26.0 Å². The number of ether oxygens (including phenoxy) is 1. The topological polar surface area (TPSA) is 49.8 Å². The number of aliphatic hydroxyl groups is 1. The predicted octanol–water partition coefficient (Wildman–Crippen LogP) is 2.62. The molecule has 0 aliphatic heterocycles. The van der Waals surface area contributed by atoms with Crippen LogP contribution in [0.15, 0.2) is 22.7 Å². The molecule has 4 nitrogen and oxygen atoms in total. The van der Waals surface area contributed by atoms with Gasteiger partial charge in [0.15, 0.2) is 0 Å². The van der Waals surface area contributed by atoms with Gasteiger partial charge in [-0.2, -0.15) is 0 Å². The van der Waals surface area contributed by atoms with Crippen molar-refractivity contribution in [2.45, 2.75) is 32.3 Å². The van der Waals surface area contributed by atoms with E-state index in [0.29, 0.717) is 25.8 Å². The van der Waals surface area contributed by atoms with E-state index in [9.17, 15) is 9.90 Å². The van der Waals surface area contributed by atoms with Gasteiger partial charge in [0, 0.05) is 24.5 Å². The zero-order chi connectivity index (χ0) is 15.1. The van der Waals surface area contributed by atoms with Crippen molar-refractivity contribution in [3.8, 4) is 5.75 Å². The van der Waals surface area contributed by atoms with E-state index in [1.807, 2.05) is 18.2 Å². The van der Waals surface area contributed by atoms with E-state index >= 15 is 0 Å². The molecule has 1 N–H and O–H groups in total. The molecule has 0 heterocycles. The fraction of sp³-hybridized carbons (Fsp3) is 0.533. The van der Waals surface area contributed by atoms with Gasteiger partial charge in [-0.25, -0.2) is 0 Å². The number of methoxy groups -OCH3 is 1. The summed E-state index contributed by atoms with van der Waals surface area (Å²) in [6.07, 6.45) is 1.29. The van der Waals surface area contributed by atoms with Crippen LogP contribution in [-0.4, -0.2) is 42.7 Å². The lowest BCUT2D eigenvalue weighted by atomic mass is 10.1. The fourth-order valence-corrected chi connectivity index (χ4v) is 2.29. The second kappa shape index (κ2) is 8.27. The van der Waals surface area contributed by atoms with Gasteiger partial charge in [0.25, 0.3) is 0 Å². The van der Waals surface area contributed by atoms with Crippen LogP contribution in [0.4, 0.5) is 0 Å². The van der Waals surface area contributed by atoms with Crippen LogP contribution in [0.1, 0.15) is 25.3 Å². The van der Waals surface area contributed by atoms with Crippen molar-refractivity contribution in [1.29, 1.82) is 0 Å². The molecule has 1 atom stereocenters. The van der Waals surface area contributed by atoms with Crippen molar-refractivity contribution in [3.05, 3.63) is 28.2 Å². The minimum Gasteiger partial charge on any atom is -0.496 e. The van der Waals surface area contributed by atoms with Gasteiger partial charge in [0.1, 0.15) is 5.75 Å². The Bertz CT molecular complexity index is 449. The molecule has 20 heavy (non-hydrogen) atoms. The highest BCUT2D eigenvalue weighted by molar-refractivity contribution is 9.10. The summed E-state index contributed by atoms with van der Waals surface area (Å²) in [4.78, 5) is 13.7. The Kier molecular flexibility index (Phi) is 7.02. The predicted molar refractivity (Wildman–Crippen MR) is 82.9 cm³/mol. The number of halogens is 1. The normalized spacial score (nSPS) is 12.1. The van der Waals surface area contributed by atoms with Crippen LogP contribution in [-0.2, 0) is 11.2 Å². The van der Waals surface area contributed by atoms with Gasteiger partial charge in [-0.15, -0.1) is 0 Å². The summed E-state index contributed by atoms with van der Waals surface area (Å²) in [5.41, 5.74) is 1.01. The number of amides is 1. The standard InChI is InChI=1S/C15H22BrNO3/c1-11(18)8-9-17(2)15(19)7-4-12-10-13(16)5-6-14(12)20-3/h5-6,10-11,18H,4,7-9H2,1-3H3. The number of hydrogen-bond donors (Lipinski definition) is 1. The Morgan fingerprint density at radius 3 is 2.80 bits per heavy atom. The molecule has 112 valence electrons. The highest BCUT2D eigenvalue weighted by Crippen LogP contribution is 2.24. The molecule has 0 spiro atoms. The van der Waals surface area contributed by atoms with Crippen LogP contribution in [0.25, 0.3) is 0 Å². The average molecular weight is 344 g/mol. The maximum Gasteiger partial charge on any atom is 0.222 e. The Morgan fingerprint density at radius 1 is 1.50 bits per heavy atom. The Morgan fingerprint density at radius 2 is 2.20 bits per heavy atom. The largest absolute Gasteiger partial charge is 0.496 e. The number of nitrogens with zero attached hydrogens (tertiary/aromatic N) is 1. The van der Waals surface area contributed by atoms with Crippen LogP contribution < -0.4 is 4.74 Å². The smallest absolute Gasteiger partial charge is 0.222 e. The number of benzene rings is 1.